The molecule has 0 amide bonds. The zero-order valence-corrected chi connectivity index (χ0v) is 9.20. The molecular formula is C11H23N. The fourth-order valence-electron chi connectivity index (χ4n) is 2.12. The van der Waals surface area contributed by atoms with Gasteiger partial charge in [-0.05, 0) is 46.0 Å². The van der Waals surface area contributed by atoms with E-state index in [4.69, 9.17) is 0 Å². The van der Waals surface area contributed by atoms with Crippen molar-refractivity contribution >= 4 is 0 Å². The van der Waals surface area contributed by atoms with E-state index in [0.717, 1.165) is 5.92 Å². The maximum Gasteiger partial charge on any atom is 0.0155 e. The van der Waals surface area contributed by atoms with Gasteiger partial charge in [-0.1, -0.05) is 13.8 Å². The van der Waals surface area contributed by atoms with Gasteiger partial charge >= 0.3 is 0 Å². The van der Waals surface area contributed by atoms with Crippen LogP contribution in [0.2, 0.25) is 0 Å². The minimum Gasteiger partial charge on any atom is -0.306 e. The Morgan fingerprint density at radius 1 is 1.33 bits per heavy atom. The third kappa shape index (κ3) is 1.82. The number of nitrogens with one attached hydrogen (secondary N) is 1. The van der Waals surface area contributed by atoms with Gasteiger partial charge in [-0.25, -0.2) is 0 Å². The highest BCUT2D eigenvalue weighted by atomic mass is 15.1. The van der Waals surface area contributed by atoms with Gasteiger partial charge in [-0.2, -0.15) is 0 Å². The molecule has 0 spiro atoms. The van der Waals surface area contributed by atoms with E-state index in [1.807, 2.05) is 0 Å². The summed E-state index contributed by atoms with van der Waals surface area (Å²) in [5, 5.41) is 3.77. The van der Waals surface area contributed by atoms with Crippen molar-refractivity contribution in [1.82, 2.24) is 5.32 Å². The Kier molecular flexibility index (Phi) is 2.53. The zero-order chi connectivity index (χ0) is 9.41. The first kappa shape index (κ1) is 10.0. The van der Waals surface area contributed by atoms with E-state index in [9.17, 15) is 0 Å². The maximum absolute atomic E-state index is 3.77. The first-order valence-electron chi connectivity index (χ1n) is 5.19. The largest absolute Gasteiger partial charge is 0.306 e. The summed E-state index contributed by atoms with van der Waals surface area (Å²) in [4.78, 5) is 0. The second kappa shape index (κ2) is 3.02. The minimum absolute atomic E-state index is 0.322. The third-order valence-electron chi connectivity index (χ3n) is 3.77. The zero-order valence-electron chi connectivity index (χ0n) is 9.20. The highest BCUT2D eigenvalue weighted by molar-refractivity contribution is 4.98. The molecule has 1 rings (SSSR count). The van der Waals surface area contributed by atoms with Gasteiger partial charge < -0.3 is 5.32 Å². The number of piperidine rings is 1. The van der Waals surface area contributed by atoms with Gasteiger partial charge in [0.2, 0.25) is 0 Å². The van der Waals surface area contributed by atoms with E-state index in [-0.39, 0.29) is 0 Å². The number of hydrogen-bond acceptors (Lipinski definition) is 1. The van der Waals surface area contributed by atoms with E-state index in [0.29, 0.717) is 11.1 Å². The monoisotopic (exact) mass is 169 g/mol. The van der Waals surface area contributed by atoms with Gasteiger partial charge in [0.1, 0.15) is 0 Å². The Bertz CT molecular complexity index is 160. The Labute approximate surface area is 76.9 Å². The molecule has 0 bridgehead atoms. The predicted octanol–water partition coefficient (Wildman–Crippen LogP) is 2.95. The lowest BCUT2D eigenvalue weighted by atomic mass is 9.74. The first-order valence-corrected chi connectivity index (χ1v) is 5.19. The maximum atomic E-state index is 3.77. The van der Waals surface area contributed by atoms with Crippen LogP contribution < -0.4 is 5.32 Å². The lowest BCUT2D eigenvalue weighted by Crippen LogP contribution is -2.60. The van der Waals surface area contributed by atoms with E-state index < -0.39 is 0 Å². The van der Waals surface area contributed by atoms with Gasteiger partial charge in [0.05, 0.1) is 0 Å². The molecule has 0 aromatic rings. The van der Waals surface area contributed by atoms with Crippen LogP contribution in [0.1, 0.15) is 53.9 Å². The van der Waals surface area contributed by atoms with Crippen LogP contribution in [0.25, 0.3) is 0 Å². The molecule has 2 unspecified atom stereocenters. The topological polar surface area (TPSA) is 12.0 Å². The Morgan fingerprint density at radius 3 is 2.33 bits per heavy atom. The average molecular weight is 169 g/mol. The summed E-state index contributed by atoms with van der Waals surface area (Å²) in [5.41, 5.74) is 0.707. The second-order valence-corrected chi connectivity index (χ2v) is 5.20. The van der Waals surface area contributed by atoms with Crippen molar-refractivity contribution in [3.63, 3.8) is 0 Å². The summed E-state index contributed by atoms with van der Waals surface area (Å²) in [6.07, 6.45) is 3.93. The lowest BCUT2D eigenvalue weighted by Gasteiger charge is -2.48. The van der Waals surface area contributed by atoms with Crippen LogP contribution in [0, 0.1) is 5.92 Å². The first-order chi connectivity index (χ1) is 5.40. The van der Waals surface area contributed by atoms with Crippen molar-refractivity contribution in [3.8, 4) is 0 Å². The fraction of sp³-hybridized carbons (Fsp3) is 1.00. The molecule has 12 heavy (non-hydrogen) atoms. The summed E-state index contributed by atoms with van der Waals surface area (Å²) in [6, 6.07) is 0. The summed E-state index contributed by atoms with van der Waals surface area (Å²) in [5.74, 6) is 0.803. The van der Waals surface area contributed by atoms with Gasteiger partial charge in [0, 0.05) is 11.1 Å². The Morgan fingerprint density at radius 2 is 1.92 bits per heavy atom. The molecule has 1 aliphatic heterocycles. The molecular weight excluding hydrogens is 146 g/mol. The van der Waals surface area contributed by atoms with E-state index >= 15 is 0 Å². The molecule has 1 heteroatoms. The number of rotatable bonds is 1. The average Bonchev–Trinajstić information content (AvgIpc) is 1.97. The molecule has 1 saturated heterocycles. The molecule has 1 aliphatic rings. The smallest absolute Gasteiger partial charge is 0.0155 e. The quantitative estimate of drug-likeness (QED) is 0.636. The molecule has 0 aromatic carbocycles. The van der Waals surface area contributed by atoms with Gasteiger partial charge in [0.15, 0.2) is 0 Å². The van der Waals surface area contributed by atoms with Crippen LogP contribution in [0.5, 0.6) is 0 Å². The summed E-state index contributed by atoms with van der Waals surface area (Å²) >= 11 is 0. The van der Waals surface area contributed by atoms with Gasteiger partial charge in [-0.3, -0.25) is 0 Å². The van der Waals surface area contributed by atoms with Crippen LogP contribution in [0.4, 0.5) is 0 Å². The molecule has 1 fully saturated rings. The normalized spacial score (nSPS) is 41.2. The molecule has 0 radical (unpaired) electrons. The molecule has 1 heterocycles. The van der Waals surface area contributed by atoms with Crippen LogP contribution in [0.3, 0.4) is 0 Å². The molecule has 72 valence electrons. The molecule has 0 aromatic heterocycles. The molecule has 2 atom stereocenters. The highest BCUT2D eigenvalue weighted by Gasteiger charge is 2.38. The third-order valence-corrected chi connectivity index (χ3v) is 3.77. The Hall–Kier alpha value is -0.0400. The van der Waals surface area contributed by atoms with Crippen LogP contribution in [-0.2, 0) is 0 Å². The van der Waals surface area contributed by atoms with Crippen LogP contribution in [0.15, 0.2) is 0 Å². The van der Waals surface area contributed by atoms with E-state index in [2.05, 4.69) is 39.9 Å². The molecule has 1 N–H and O–H groups in total. The molecule has 0 saturated carbocycles. The second-order valence-electron chi connectivity index (χ2n) is 5.20. The highest BCUT2D eigenvalue weighted by Crippen LogP contribution is 2.34. The fourth-order valence-corrected chi connectivity index (χ4v) is 2.12. The van der Waals surface area contributed by atoms with Crippen LogP contribution in [-0.4, -0.2) is 11.1 Å². The Balaban J connectivity index is 2.68. The van der Waals surface area contributed by atoms with E-state index in [1.54, 1.807) is 0 Å². The standard InChI is InChI=1S/C11H23N/c1-6-11(5)8-7-9(2)10(3,4)12-11/h9,12H,6-8H2,1-5H3. The van der Waals surface area contributed by atoms with Crippen molar-refractivity contribution in [1.29, 1.82) is 0 Å². The van der Waals surface area contributed by atoms with Gasteiger partial charge in [0.25, 0.3) is 0 Å². The van der Waals surface area contributed by atoms with Crippen molar-refractivity contribution < 1.29 is 0 Å². The van der Waals surface area contributed by atoms with Crippen LogP contribution >= 0.6 is 0 Å². The summed E-state index contributed by atoms with van der Waals surface area (Å²) in [6.45, 7) is 11.6. The van der Waals surface area contributed by atoms with Gasteiger partial charge in [-0.15, -0.1) is 0 Å². The van der Waals surface area contributed by atoms with Crippen molar-refractivity contribution in [2.24, 2.45) is 5.92 Å². The molecule has 0 aliphatic carbocycles. The SMILES string of the molecule is CCC1(C)CCC(C)C(C)(C)N1. The van der Waals surface area contributed by atoms with E-state index in [1.165, 1.54) is 19.3 Å². The predicted molar refractivity (Wildman–Crippen MR) is 54.3 cm³/mol. The lowest BCUT2D eigenvalue weighted by molar-refractivity contribution is 0.109. The van der Waals surface area contributed by atoms with Crippen molar-refractivity contribution in [2.75, 3.05) is 0 Å². The van der Waals surface area contributed by atoms with Crippen molar-refractivity contribution in [3.05, 3.63) is 0 Å². The number of hydrogen-bond donors (Lipinski definition) is 1. The summed E-state index contributed by atoms with van der Waals surface area (Å²) in [7, 11) is 0. The molecule has 1 nitrogen and oxygen atoms in total. The minimum atomic E-state index is 0.322. The summed E-state index contributed by atoms with van der Waals surface area (Å²) < 4.78 is 0. The van der Waals surface area contributed by atoms with Crippen molar-refractivity contribution in [2.45, 2.75) is 65.0 Å².